The van der Waals surface area contributed by atoms with Crippen molar-refractivity contribution < 1.29 is 19.0 Å². The average molecular weight is 317 g/mol. The molecule has 1 N–H and O–H groups in total. The molecule has 132 valence electrons. The van der Waals surface area contributed by atoms with E-state index in [0.29, 0.717) is 19.8 Å². The van der Waals surface area contributed by atoms with Crippen LogP contribution in [0.15, 0.2) is 0 Å². The van der Waals surface area contributed by atoms with Crippen molar-refractivity contribution in [2.75, 3.05) is 19.8 Å². The second-order valence-corrected chi connectivity index (χ2v) is 4.96. The third kappa shape index (κ3) is 14.2. The van der Waals surface area contributed by atoms with E-state index in [1.807, 2.05) is 20.8 Å². The molecule has 0 aliphatic carbocycles. The number of rotatable bonds is 14. The zero-order valence-electron chi connectivity index (χ0n) is 14.9. The maximum Gasteiger partial charge on any atom is 0.282 e. The highest BCUT2D eigenvalue weighted by Crippen LogP contribution is 2.24. The van der Waals surface area contributed by atoms with Gasteiger partial charge in [0.1, 0.15) is 0 Å². The standard InChI is InChI=1S/C16H34O3.CHNO/c1-5-9-10-11-12-13-14-15-16(17-6-2,18-7-3)19-8-4;2-1-3/h5-15H2,1-4H3;2H. The summed E-state index contributed by atoms with van der Waals surface area (Å²) >= 11 is 0. The van der Waals surface area contributed by atoms with Gasteiger partial charge in [-0.25, -0.2) is 10.2 Å². The Kier molecular flexibility index (Phi) is 19.6. The van der Waals surface area contributed by atoms with Crippen LogP contribution < -0.4 is 0 Å². The van der Waals surface area contributed by atoms with Crippen LogP contribution >= 0.6 is 0 Å². The Balaban J connectivity index is 0. The minimum atomic E-state index is -0.804. The van der Waals surface area contributed by atoms with Gasteiger partial charge >= 0.3 is 0 Å². The van der Waals surface area contributed by atoms with Gasteiger partial charge in [-0.15, -0.1) is 0 Å². The van der Waals surface area contributed by atoms with Crippen LogP contribution in [0.3, 0.4) is 0 Å². The summed E-state index contributed by atoms with van der Waals surface area (Å²) in [6.45, 7) is 10.1. The predicted octanol–water partition coefficient (Wildman–Crippen LogP) is 4.79. The maximum absolute atomic E-state index is 8.35. The first-order valence-electron chi connectivity index (χ1n) is 8.61. The van der Waals surface area contributed by atoms with E-state index in [1.165, 1.54) is 38.5 Å². The fourth-order valence-corrected chi connectivity index (χ4v) is 2.30. The number of unbranched alkanes of at least 4 members (excludes halogenated alkanes) is 6. The smallest absolute Gasteiger partial charge is 0.282 e. The SMILES string of the molecule is CCCCCCCCCC(OCC)(OCC)OCC.N=C=O. The zero-order valence-corrected chi connectivity index (χ0v) is 14.9. The summed E-state index contributed by atoms with van der Waals surface area (Å²) in [6, 6.07) is 0. The van der Waals surface area contributed by atoms with Crippen molar-refractivity contribution >= 4 is 6.08 Å². The Bertz CT molecular complexity index is 236. The lowest BCUT2D eigenvalue weighted by Gasteiger charge is -2.32. The van der Waals surface area contributed by atoms with E-state index in [0.717, 1.165) is 18.9 Å². The molecule has 0 heterocycles. The molecule has 0 radical (unpaired) electrons. The van der Waals surface area contributed by atoms with E-state index in [1.54, 1.807) is 0 Å². The largest absolute Gasteiger partial charge is 0.328 e. The molecular formula is C17H35NO4. The van der Waals surface area contributed by atoms with Gasteiger partial charge in [0.15, 0.2) is 0 Å². The number of hydrogen-bond donors (Lipinski definition) is 1. The summed E-state index contributed by atoms with van der Waals surface area (Å²) in [5, 5.41) is 5.40. The Morgan fingerprint density at radius 3 is 1.50 bits per heavy atom. The van der Waals surface area contributed by atoms with E-state index < -0.39 is 5.97 Å². The minimum absolute atomic E-state index is 0.622. The Labute approximate surface area is 136 Å². The fourth-order valence-electron chi connectivity index (χ4n) is 2.30. The van der Waals surface area contributed by atoms with Gasteiger partial charge in [-0.3, -0.25) is 0 Å². The topological polar surface area (TPSA) is 68.6 Å². The van der Waals surface area contributed by atoms with Crippen molar-refractivity contribution in [1.82, 2.24) is 0 Å². The third-order valence-electron chi connectivity index (χ3n) is 3.18. The summed E-state index contributed by atoms with van der Waals surface area (Å²) in [4.78, 5) is 8.35. The van der Waals surface area contributed by atoms with E-state index in [2.05, 4.69) is 6.92 Å². The molecule has 22 heavy (non-hydrogen) atoms. The summed E-state index contributed by atoms with van der Waals surface area (Å²) in [6.07, 6.45) is 10.6. The molecule has 5 heteroatoms. The normalized spacial score (nSPS) is 10.7. The lowest BCUT2D eigenvalue weighted by atomic mass is 10.1. The molecule has 0 rings (SSSR count). The quantitative estimate of drug-likeness (QED) is 0.216. The van der Waals surface area contributed by atoms with Crippen molar-refractivity contribution in [3.8, 4) is 0 Å². The first-order chi connectivity index (χ1) is 10.7. The molecule has 0 aromatic carbocycles. The molecule has 0 atom stereocenters. The number of isocyanates is 1. The second kappa shape index (κ2) is 18.3. The van der Waals surface area contributed by atoms with Crippen LogP contribution in [0.4, 0.5) is 0 Å². The molecule has 0 bridgehead atoms. The Morgan fingerprint density at radius 2 is 1.14 bits per heavy atom. The molecule has 0 aromatic heterocycles. The van der Waals surface area contributed by atoms with Crippen molar-refractivity contribution in [2.24, 2.45) is 0 Å². The molecule has 0 spiro atoms. The van der Waals surface area contributed by atoms with Crippen LogP contribution in [0.25, 0.3) is 0 Å². The van der Waals surface area contributed by atoms with Crippen LogP contribution in [0.5, 0.6) is 0 Å². The van der Waals surface area contributed by atoms with Gasteiger partial charge in [-0.1, -0.05) is 45.4 Å². The van der Waals surface area contributed by atoms with E-state index in [4.69, 9.17) is 24.4 Å². The molecule has 0 fully saturated rings. The summed E-state index contributed by atoms with van der Waals surface area (Å²) in [7, 11) is 0. The first kappa shape index (κ1) is 23.5. The molecule has 0 amide bonds. The number of nitrogens with one attached hydrogen (secondary N) is 1. The molecule has 0 unspecified atom stereocenters. The van der Waals surface area contributed by atoms with E-state index in [9.17, 15) is 0 Å². The molecule has 0 saturated heterocycles. The highest BCUT2D eigenvalue weighted by molar-refractivity contribution is 5.26. The van der Waals surface area contributed by atoms with Crippen molar-refractivity contribution in [3.05, 3.63) is 0 Å². The Morgan fingerprint density at radius 1 is 0.773 bits per heavy atom. The van der Waals surface area contributed by atoms with Gasteiger partial charge in [-0.05, 0) is 27.2 Å². The monoisotopic (exact) mass is 317 g/mol. The summed E-state index contributed by atoms with van der Waals surface area (Å²) in [5.41, 5.74) is 0. The van der Waals surface area contributed by atoms with E-state index >= 15 is 0 Å². The van der Waals surface area contributed by atoms with E-state index in [-0.39, 0.29) is 0 Å². The highest BCUT2D eigenvalue weighted by atomic mass is 16.9. The second-order valence-electron chi connectivity index (χ2n) is 4.96. The first-order valence-corrected chi connectivity index (χ1v) is 8.61. The number of ether oxygens (including phenoxy) is 3. The Hall–Kier alpha value is -0.740. The maximum atomic E-state index is 8.35. The lowest BCUT2D eigenvalue weighted by Crippen LogP contribution is -2.39. The zero-order chi connectivity index (χ0) is 17.1. The molecular weight excluding hydrogens is 282 g/mol. The highest BCUT2D eigenvalue weighted by Gasteiger charge is 2.31. The molecule has 0 aliphatic heterocycles. The molecule has 0 aliphatic rings. The van der Waals surface area contributed by atoms with Crippen LogP contribution in [0.2, 0.25) is 0 Å². The average Bonchev–Trinajstić information content (AvgIpc) is 2.48. The lowest BCUT2D eigenvalue weighted by molar-refractivity contribution is -0.380. The number of hydrogen-bond acceptors (Lipinski definition) is 5. The minimum Gasteiger partial charge on any atom is -0.328 e. The van der Waals surface area contributed by atoms with Gasteiger partial charge in [0.05, 0.1) is 0 Å². The predicted molar refractivity (Wildman–Crippen MR) is 88.6 cm³/mol. The van der Waals surface area contributed by atoms with Gasteiger partial charge in [0.2, 0.25) is 6.08 Å². The fraction of sp³-hybridized carbons (Fsp3) is 0.941. The number of carbonyl (C=O) groups excluding carboxylic acids is 1. The van der Waals surface area contributed by atoms with Crippen LogP contribution in [0.1, 0.15) is 79.1 Å². The van der Waals surface area contributed by atoms with Gasteiger partial charge in [0.25, 0.3) is 5.97 Å². The summed E-state index contributed by atoms with van der Waals surface area (Å²) < 4.78 is 17.1. The van der Waals surface area contributed by atoms with Crippen LogP contribution in [-0.2, 0) is 19.0 Å². The van der Waals surface area contributed by atoms with Crippen molar-refractivity contribution in [3.63, 3.8) is 0 Å². The van der Waals surface area contributed by atoms with Crippen molar-refractivity contribution in [2.45, 2.75) is 85.0 Å². The summed E-state index contributed by atoms with van der Waals surface area (Å²) in [5.74, 6) is -0.804. The van der Waals surface area contributed by atoms with Gasteiger partial charge < -0.3 is 14.2 Å². The van der Waals surface area contributed by atoms with Crippen LogP contribution in [0, 0.1) is 5.41 Å². The third-order valence-corrected chi connectivity index (χ3v) is 3.18. The molecule has 5 nitrogen and oxygen atoms in total. The van der Waals surface area contributed by atoms with Gasteiger partial charge in [-0.2, -0.15) is 0 Å². The molecule has 0 saturated carbocycles. The van der Waals surface area contributed by atoms with Crippen LogP contribution in [-0.4, -0.2) is 31.9 Å². The van der Waals surface area contributed by atoms with Crippen molar-refractivity contribution in [1.29, 1.82) is 5.41 Å². The molecule has 0 aromatic rings. The van der Waals surface area contributed by atoms with Gasteiger partial charge in [0, 0.05) is 26.2 Å².